The first-order valence-electron chi connectivity index (χ1n) is 8.01. The number of hydrogen-bond acceptors (Lipinski definition) is 2. The first kappa shape index (κ1) is 15.8. The molecule has 0 N–H and O–H groups in total. The third-order valence-corrected chi connectivity index (χ3v) is 5.85. The van der Waals surface area contributed by atoms with Crippen LogP contribution in [-0.2, 0) is 4.84 Å². The molecule has 1 saturated carbocycles. The highest BCUT2D eigenvalue weighted by Gasteiger charge is 2.61. The van der Waals surface area contributed by atoms with Gasteiger partial charge in [-0.3, -0.25) is 4.84 Å². The highest BCUT2D eigenvalue weighted by atomic mass is 16.7. The Balaban J connectivity index is 1.96. The Labute approximate surface area is 124 Å². The maximum Gasteiger partial charge on any atom is 0.0974 e. The van der Waals surface area contributed by atoms with E-state index in [0.717, 1.165) is 25.3 Å². The van der Waals surface area contributed by atoms with E-state index < -0.39 is 0 Å². The fraction of sp³-hybridized carbons (Fsp3) is 0.778. The van der Waals surface area contributed by atoms with Crippen LogP contribution in [0.15, 0.2) is 24.3 Å². The van der Waals surface area contributed by atoms with Gasteiger partial charge in [-0.05, 0) is 57.8 Å². The van der Waals surface area contributed by atoms with Crippen LogP contribution in [0.5, 0.6) is 0 Å². The minimum absolute atomic E-state index is 0.137. The summed E-state index contributed by atoms with van der Waals surface area (Å²) in [7, 11) is 0. The first-order valence-corrected chi connectivity index (χ1v) is 8.01. The second-order valence-corrected chi connectivity index (χ2v) is 7.53. The van der Waals surface area contributed by atoms with Gasteiger partial charge in [0.2, 0.25) is 0 Å². The average molecular weight is 277 g/mol. The van der Waals surface area contributed by atoms with Crippen LogP contribution in [0.4, 0.5) is 0 Å². The Hall–Kier alpha value is -0.600. The SMILES string of the molecule is C=CC(CCC=C(C)C)ON1CC2CCC1(C)C2(C)C. The van der Waals surface area contributed by atoms with E-state index in [1.54, 1.807) is 0 Å². The fourth-order valence-corrected chi connectivity index (χ4v) is 3.82. The second kappa shape index (κ2) is 5.65. The zero-order valence-electron chi connectivity index (χ0n) is 13.9. The molecule has 1 saturated heterocycles. The van der Waals surface area contributed by atoms with Crippen molar-refractivity contribution >= 4 is 0 Å². The van der Waals surface area contributed by atoms with Gasteiger partial charge in [0, 0.05) is 12.1 Å². The minimum Gasteiger partial charge on any atom is -0.291 e. The molecular formula is C18H31NO. The predicted octanol–water partition coefficient (Wildman–Crippen LogP) is 4.73. The van der Waals surface area contributed by atoms with E-state index in [0.29, 0.717) is 5.41 Å². The van der Waals surface area contributed by atoms with Crippen LogP contribution in [-0.4, -0.2) is 23.3 Å². The monoisotopic (exact) mass is 277 g/mol. The van der Waals surface area contributed by atoms with Crippen LogP contribution >= 0.6 is 0 Å². The van der Waals surface area contributed by atoms with E-state index >= 15 is 0 Å². The molecule has 0 spiro atoms. The summed E-state index contributed by atoms with van der Waals surface area (Å²) in [5.41, 5.74) is 1.93. The summed E-state index contributed by atoms with van der Waals surface area (Å²) in [6, 6.07) is 0. The largest absolute Gasteiger partial charge is 0.291 e. The quantitative estimate of drug-likeness (QED) is 0.651. The molecule has 2 fully saturated rings. The Morgan fingerprint density at radius 3 is 2.55 bits per heavy atom. The number of rotatable bonds is 6. The molecule has 3 unspecified atom stereocenters. The topological polar surface area (TPSA) is 12.5 Å². The molecule has 0 radical (unpaired) electrons. The average Bonchev–Trinajstić information content (AvgIpc) is 2.70. The smallest absolute Gasteiger partial charge is 0.0974 e. The van der Waals surface area contributed by atoms with Gasteiger partial charge >= 0.3 is 0 Å². The van der Waals surface area contributed by atoms with E-state index in [4.69, 9.17) is 4.84 Å². The molecule has 0 amide bonds. The van der Waals surface area contributed by atoms with Crippen molar-refractivity contribution in [2.75, 3.05) is 6.54 Å². The predicted molar refractivity (Wildman–Crippen MR) is 85.4 cm³/mol. The summed E-state index contributed by atoms with van der Waals surface area (Å²) in [5.74, 6) is 0.774. The Morgan fingerprint density at radius 1 is 1.40 bits per heavy atom. The van der Waals surface area contributed by atoms with Crippen LogP contribution in [0.2, 0.25) is 0 Å². The van der Waals surface area contributed by atoms with Gasteiger partial charge in [-0.25, -0.2) is 0 Å². The van der Waals surface area contributed by atoms with Crippen LogP contribution in [0.3, 0.4) is 0 Å². The van der Waals surface area contributed by atoms with Gasteiger partial charge in [-0.2, -0.15) is 5.06 Å². The fourth-order valence-electron chi connectivity index (χ4n) is 3.82. The standard InChI is InChI=1S/C18H31NO/c1-7-16(10-8-9-14(2)3)20-19-13-15-11-12-18(19,6)17(15,4)5/h7,9,15-16H,1,8,10-13H2,2-6H3. The Morgan fingerprint density at radius 2 is 2.10 bits per heavy atom. The van der Waals surface area contributed by atoms with Gasteiger partial charge < -0.3 is 0 Å². The lowest BCUT2D eigenvalue weighted by atomic mass is 9.75. The Bertz CT molecular complexity index is 394. The summed E-state index contributed by atoms with van der Waals surface area (Å²) < 4.78 is 0. The first-order chi connectivity index (χ1) is 9.31. The highest BCUT2D eigenvalue weighted by molar-refractivity contribution is 5.12. The van der Waals surface area contributed by atoms with E-state index in [1.165, 1.54) is 18.4 Å². The van der Waals surface area contributed by atoms with Crippen molar-refractivity contribution in [1.82, 2.24) is 5.06 Å². The number of hydrogen-bond donors (Lipinski definition) is 0. The molecule has 2 aliphatic rings. The van der Waals surface area contributed by atoms with Gasteiger partial charge in [-0.1, -0.05) is 31.6 Å². The van der Waals surface area contributed by atoms with Gasteiger partial charge in [0.05, 0.1) is 6.10 Å². The summed E-state index contributed by atoms with van der Waals surface area (Å²) in [5, 5.41) is 2.27. The zero-order chi connectivity index (χ0) is 15.0. The normalized spacial score (nSPS) is 33.1. The number of allylic oxidation sites excluding steroid dienone is 2. The van der Waals surface area contributed by atoms with E-state index in [9.17, 15) is 0 Å². The lowest BCUT2D eigenvalue weighted by Gasteiger charge is -2.41. The molecule has 1 aliphatic carbocycles. The zero-order valence-corrected chi connectivity index (χ0v) is 13.9. The lowest BCUT2D eigenvalue weighted by molar-refractivity contribution is -0.237. The summed E-state index contributed by atoms with van der Waals surface area (Å²) in [6.45, 7) is 16.5. The van der Waals surface area contributed by atoms with Crippen LogP contribution in [0, 0.1) is 11.3 Å². The van der Waals surface area contributed by atoms with E-state index in [-0.39, 0.29) is 11.6 Å². The lowest BCUT2D eigenvalue weighted by Crippen LogP contribution is -2.48. The molecule has 20 heavy (non-hydrogen) atoms. The van der Waals surface area contributed by atoms with E-state index in [2.05, 4.69) is 52.3 Å². The van der Waals surface area contributed by atoms with Crippen molar-refractivity contribution in [2.45, 2.75) is 71.9 Å². The molecule has 2 bridgehead atoms. The molecule has 0 aromatic carbocycles. The van der Waals surface area contributed by atoms with Crippen molar-refractivity contribution in [3.63, 3.8) is 0 Å². The molecule has 0 aromatic rings. The van der Waals surface area contributed by atoms with Gasteiger partial charge in [0.1, 0.15) is 0 Å². The van der Waals surface area contributed by atoms with Crippen molar-refractivity contribution in [2.24, 2.45) is 11.3 Å². The molecule has 2 heteroatoms. The van der Waals surface area contributed by atoms with Crippen LogP contribution in [0.1, 0.15) is 60.3 Å². The van der Waals surface area contributed by atoms with Gasteiger partial charge in [0.15, 0.2) is 0 Å². The molecule has 0 aromatic heterocycles. The summed E-state index contributed by atoms with van der Waals surface area (Å²) >= 11 is 0. The molecule has 3 atom stereocenters. The second-order valence-electron chi connectivity index (χ2n) is 7.53. The third-order valence-electron chi connectivity index (χ3n) is 5.85. The minimum atomic E-state index is 0.137. The van der Waals surface area contributed by atoms with E-state index in [1.807, 2.05) is 6.08 Å². The van der Waals surface area contributed by atoms with Crippen LogP contribution in [0.25, 0.3) is 0 Å². The molecular weight excluding hydrogens is 246 g/mol. The van der Waals surface area contributed by atoms with Gasteiger partial charge in [0.25, 0.3) is 0 Å². The summed E-state index contributed by atoms with van der Waals surface area (Å²) in [4.78, 5) is 6.30. The number of hydroxylamine groups is 2. The number of piperidine rings is 1. The maximum atomic E-state index is 6.30. The van der Waals surface area contributed by atoms with Crippen molar-refractivity contribution in [3.05, 3.63) is 24.3 Å². The third kappa shape index (κ3) is 2.60. The summed E-state index contributed by atoms with van der Waals surface area (Å²) in [6.07, 6.45) is 9.06. The molecule has 114 valence electrons. The molecule has 1 heterocycles. The maximum absolute atomic E-state index is 6.30. The molecule has 2 nitrogen and oxygen atoms in total. The van der Waals surface area contributed by atoms with Gasteiger partial charge in [-0.15, -0.1) is 6.58 Å². The number of fused-ring (bicyclic) bond motifs is 2. The number of nitrogens with zero attached hydrogens (tertiary/aromatic N) is 1. The van der Waals surface area contributed by atoms with Crippen molar-refractivity contribution < 1.29 is 4.84 Å². The molecule has 2 rings (SSSR count). The highest BCUT2D eigenvalue weighted by Crippen LogP contribution is 2.58. The molecule has 1 aliphatic heterocycles. The Kier molecular flexibility index (Phi) is 4.46. The van der Waals surface area contributed by atoms with Crippen molar-refractivity contribution in [3.8, 4) is 0 Å². The van der Waals surface area contributed by atoms with Crippen molar-refractivity contribution in [1.29, 1.82) is 0 Å². The van der Waals surface area contributed by atoms with Crippen LogP contribution < -0.4 is 0 Å².